The first kappa shape index (κ1) is 28.9. The number of fused-ring (bicyclic) bond motifs is 8. The van der Waals surface area contributed by atoms with Gasteiger partial charge in [-0.25, -0.2) is 0 Å². The average molecular weight is 663 g/mol. The SMILES string of the molecule is c1cc(-c2cccc(-c3cccc4c3oc3ccccc34)c2)cc(-c2c3ccccc3c(-c3cccc4c3oc3ccccc34)c3ccccc23)c1. The van der Waals surface area contributed by atoms with E-state index in [1.807, 2.05) is 18.2 Å². The quantitative estimate of drug-likeness (QED) is 0.175. The van der Waals surface area contributed by atoms with Crippen LogP contribution in [0.2, 0.25) is 0 Å². The van der Waals surface area contributed by atoms with Gasteiger partial charge in [-0.15, -0.1) is 0 Å². The monoisotopic (exact) mass is 662 g/mol. The highest BCUT2D eigenvalue weighted by atomic mass is 16.3. The lowest BCUT2D eigenvalue weighted by Gasteiger charge is -2.18. The molecular weight excluding hydrogens is 633 g/mol. The zero-order valence-corrected chi connectivity index (χ0v) is 28.1. The number of benzene rings is 9. The van der Waals surface area contributed by atoms with Gasteiger partial charge in [-0.05, 0) is 73.6 Å². The van der Waals surface area contributed by atoms with Crippen molar-refractivity contribution in [3.05, 3.63) is 182 Å². The summed E-state index contributed by atoms with van der Waals surface area (Å²) in [6.45, 7) is 0. The molecule has 0 atom stereocenters. The molecule has 0 bridgehead atoms. The van der Waals surface area contributed by atoms with E-state index in [0.29, 0.717) is 0 Å². The van der Waals surface area contributed by atoms with Crippen molar-refractivity contribution in [2.45, 2.75) is 0 Å². The summed E-state index contributed by atoms with van der Waals surface area (Å²) in [6, 6.07) is 65.0. The van der Waals surface area contributed by atoms with Crippen LogP contribution in [0.3, 0.4) is 0 Å². The Labute approximate surface area is 299 Å². The minimum atomic E-state index is 0.908. The predicted molar refractivity (Wildman–Crippen MR) is 218 cm³/mol. The van der Waals surface area contributed by atoms with Gasteiger partial charge in [0.1, 0.15) is 22.3 Å². The van der Waals surface area contributed by atoms with Gasteiger partial charge in [-0.3, -0.25) is 0 Å². The van der Waals surface area contributed by atoms with Gasteiger partial charge >= 0.3 is 0 Å². The lowest BCUT2D eigenvalue weighted by molar-refractivity contribution is 0.669. The fourth-order valence-electron chi connectivity index (χ4n) is 8.37. The minimum absolute atomic E-state index is 0.908. The van der Waals surface area contributed by atoms with Crippen molar-refractivity contribution in [1.82, 2.24) is 0 Å². The van der Waals surface area contributed by atoms with Gasteiger partial charge in [-0.1, -0.05) is 158 Å². The molecule has 0 saturated heterocycles. The van der Waals surface area contributed by atoms with E-state index in [9.17, 15) is 0 Å². The maximum Gasteiger partial charge on any atom is 0.143 e. The molecular formula is C50H30O2. The highest BCUT2D eigenvalue weighted by Crippen LogP contribution is 2.47. The second kappa shape index (κ2) is 11.3. The average Bonchev–Trinajstić information content (AvgIpc) is 3.79. The van der Waals surface area contributed by atoms with Gasteiger partial charge in [0.2, 0.25) is 0 Å². The van der Waals surface area contributed by atoms with E-state index < -0.39 is 0 Å². The fraction of sp³-hybridized carbons (Fsp3) is 0. The van der Waals surface area contributed by atoms with E-state index in [2.05, 4.69) is 164 Å². The second-order valence-electron chi connectivity index (χ2n) is 13.6. The number of hydrogen-bond acceptors (Lipinski definition) is 2. The molecule has 0 unspecified atom stereocenters. The molecule has 9 aromatic carbocycles. The van der Waals surface area contributed by atoms with Crippen LogP contribution in [0.4, 0.5) is 0 Å². The first-order valence-corrected chi connectivity index (χ1v) is 17.8. The summed E-state index contributed by atoms with van der Waals surface area (Å²) < 4.78 is 13.0. The molecule has 0 aliphatic heterocycles. The topological polar surface area (TPSA) is 26.3 Å². The second-order valence-corrected chi connectivity index (χ2v) is 13.6. The third-order valence-corrected chi connectivity index (χ3v) is 10.7. The number of hydrogen-bond donors (Lipinski definition) is 0. The summed E-state index contributed by atoms with van der Waals surface area (Å²) in [5, 5.41) is 9.39. The van der Waals surface area contributed by atoms with Crippen LogP contribution in [0.5, 0.6) is 0 Å². The first-order valence-electron chi connectivity index (χ1n) is 17.8. The van der Waals surface area contributed by atoms with E-state index in [1.54, 1.807) is 0 Å². The lowest BCUT2D eigenvalue weighted by Crippen LogP contribution is -1.91. The Balaban J connectivity index is 1.10. The van der Waals surface area contributed by atoms with Crippen LogP contribution < -0.4 is 0 Å². The zero-order chi connectivity index (χ0) is 34.2. The Hall–Kier alpha value is -6.90. The van der Waals surface area contributed by atoms with E-state index >= 15 is 0 Å². The third-order valence-electron chi connectivity index (χ3n) is 10.7. The number of para-hydroxylation sites is 4. The molecule has 0 aliphatic rings. The van der Waals surface area contributed by atoms with Crippen LogP contribution in [0, 0.1) is 0 Å². The Morgan fingerprint density at radius 1 is 0.250 bits per heavy atom. The maximum absolute atomic E-state index is 6.59. The van der Waals surface area contributed by atoms with Crippen LogP contribution in [-0.2, 0) is 0 Å². The van der Waals surface area contributed by atoms with Crippen LogP contribution in [0.25, 0.3) is 110 Å². The Morgan fingerprint density at radius 2 is 0.635 bits per heavy atom. The summed E-state index contributed by atoms with van der Waals surface area (Å²) in [6.07, 6.45) is 0. The van der Waals surface area contributed by atoms with Gasteiger partial charge in [0, 0.05) is 38.2 Å². The third kappa shape index (κ3) is 4.31. The van der Waals surface area contributed by atoms with Gasteiger partial charge in [0.15, 0.2) is 0 Å². The molecule has 0 N–H and O–H groups in total. The molecule has 11 aromatic rings. The van der Waals surface area contributed by atoms with Crippen LogP contribution in [-0.4, -0.2) is 0 Å². The molecule has 11 rings (SSSR count). The van der Waals surface area contributed by atoms with Crippen molar-refractivity contribution in [1.29, 1.82) is 0 Å². The van der Waals surface area contributed by atoms with Gasteiger partial charge in [0.05, 0.1) is 0 Å². The molecule has 0 amide bonds. The molecule has 2 heterocycles. The maximum atomic E-state index is 6.59. The van der Waals surface area contributed by atoms with E-state index in [4.69, 9.17) is 8.83 Å². The minimum Gasteiger partial charge on any atom is -0.455 e. The molecule has 0 fully saturated rings. The largest absolute Gasteiger partial charge is 0.455 e. The number of rotatable bonds is 4. The highest BCUT2D eigenvalue weighted by Gasteiger charge is 2.20. The molecule has 0 radical (unpaired) electrons. The van der Waals surface area contributed by atoms with Crippen LogP contribution in [0.1, 0.15) is 0 Å². The molecule has 0 spiro atoms. The lowest BCUT2D eigenvalue weighted by atomic mass is 9.85. The van der Waals surface area contributed by atoms with Gasteiger partial charge < -0.3 is 8.83 Å². The fourth-order valence-corrected chi connectivity index (χ4v) is 8.37. The molecule has 2 nitrogen and oxygen atoms in total. The van der Waals surface area contributed by atoms with Crippen molar-refractivity contribution in [3.8, 4) is 44.5 Å². The van der Waals surface area contributed by atoms with Gasteiger partial charge in [0.25, 0.3) is 0 Å². The summed E-state index contributed by atoms with van der Waals surface area (Å²) in [7, 11) is 0. The van der Waals surface area contributed by atoms with Crippen molar-refractivity contribution in [3.63, 3.8) is 0 Å². The molecule has 52 heavy (non-hydrogen) atoms. The summed E-state index contributed by atoms with van der Waals surface area (Å²) in [5.74, 6) is 0. The van der Waals surface area contributed by atoms with Crippen molar-refractivity contribution < 1.29 is 8.83 Å². The molecule has 2 heteroatoms. The smallest absolute Gasteiger partial charge is 0.143 e. The van der Waals surface area contributed by atoms with Crippen molar-refractivity contribution >= 4 is 65.4 Å². The van der Waals surface area contributed by atoms with Crippen molar-refractivity contribution in [2.75, 3.05) is 0 Å². The molecule has 0 aliphatic carbocycles. The molecule has 0 saturated carbocycles. The van der Waals surface area contributed by atoms with E-state index in [-0.39, 0.29) is 0 Å². The zero-order valence-electron chi connectivity index (χ0n) is 28.1. The number of furan rings is 2. The Morgan fingerprint density at radius 3 is 1.21 bits per heavy atom. The summed E-state index contributed by atoms with van der Waals surface area (Å²) >= 11 is 0. The van der Waals surface area contributed by atoms with E-state index in [1.165, 1.54) is 43.8 Å². The standard InChI is InChI=1S/C50H30O2/c1-3-21-40-38(19-1)47(39-20-2-4-22-41(39)48(40)44-26-12-25-43-37-18-6-8-28-46(37)52-50(43)44)34-16-10-14-32(30-34)31-13-9-15-33(29-31)35-23-11-24-42-36-17-5-7-27-45(36)51-49(35)42/h1-30H. The van der Waals surface area contributed by atoms with Crippen molar-refractivity contribution in [2.24, 2.45) is 0 Å². The molecule has 2 aromatic heterocycles. The predicted octanol–water partition coefficient (Wildman–Crippen LogP) is 14.5. The van der Waals surface area contributed by atoms with Crippen LogP contribution in [0.15, 0.2) is 191 Å². The van der Waals surface area contributed by atoms with Crippen LogP contribution >= 0.6 is 0 Å². The molecule has 242 valence electrons. The van der Waals surface area contributed by atoms with Gasteiger partial charge in [-0.2, -0.15) is 0 Å². The Kier molecular flexibility index (Phi) is 6.28. The summed E-state index contributed by atoms with van der Waals surface area (Å²) in [5.41, 5.74) is 12.9. The van der Waals surface area contributed by atoms with E-state index in [0.717, 1.165) is 66.1 Å². The first-order chi connectivity index (χ1) is 25.8. The summed E-state index contributed by atoms with van der Waals surface area (Å²) in [4.78, 5) is 0. The Bertz CT molecular complexity index is 3140. The highest BCUT2D eigenvalue weighted by molar-refractivity contribution is 6.24. The normalized spacial score (nSPS) is 11.8.